The van der Waals surface area contributed by atoms with Crippen LogP contribution in [0.15, 0.2) is 0 Å². The molecular weight excluding hydrogens is 210 g/mol. The number of ether oxygens (including phenoxy) is 1. The standard InChI is InChI=1S/C11H17NO4/c1-2-16-7-3-6(4-7)12-10(13)8-5-9(8)11(14)15/h6-9H,2-5H2,1H3,(H,12,13)(H,14,15). The monoisotopic (exact) mass is 227 g/mol. The number of hydrogen-bond acceptors (Lipinski definition) is 3. The van der Waals surface area contributed by atoms with Crippen molar-refractivity contribution >= 4 is 11.9 Å². The quantitative estimate of drug-likeness (QED) is 0.712. The molecule has 0 aromatic carbocycles. The maximum atomic E-state index is 11.6. The van der Waals surface area contributed by atoms with E-state index in [1.165, 1.54) is 0 Å². The van der Waals surface area contributed by atoms with E-state index in [4.69, 9.17) is 9.84 Å². The number of carbonyl (C=O) groups excluding carboxylic acids is 1. The van der Waals surface area contributed by atoms with Gasteiger partial charge in [-0.2, -0.15) is 0 Å². The van der Waals surface area contributed by atoms with E-state index >= 15 is 0 Å². The van der Waals surface area contributed by atoms with Crippen molar-refractivity contribution in [3.05, 3.63) is 0 Å². The van der Waals surface area contributed by atoms with Crippen LogP contribution in [0.2, 0.25) is 0 Å². The Hall–Kier alpha value is -1.10. The summed E-state index contributed by atoms with van der Waals surface area (Å²) in [6, 6.07) is 0.180. The smallest absolute Gasteiger partial charge is 0.307 e. The van der Waals surface area contributed by atoms with E-state index in [9.17, 15) is 9.59 Å². The molecule has 90 valence electrons. The van der Waals surface area contributed by atoms with Crippen molar-refractivity contribution in [2.75, 3.05) is 6.61 Å². The lowest BCUT2D eigenvalue weighted by molar-refractivity contribution is -0.140. The van der Waals surface area contributed by atoms with E-state index in [0.717, 1.165) is 12.8 Å². The maximum Gasteiger partial charge on any atom is 0.307 e. The van der Waals surface area contributed by atoms with Crippen molar-refractivity contribution in [1.29, 1.82) is 0 Å². The third kappa shape index (κ3) is 2.35. The SMILES string of the molecule is CCOC1CC(NC(=O)C2CC2C(=O)O)C1. The summed E-state index contributed by atoms with van der Waals surface area (Å²) in [5, 5.41) is 11.6. The molecule has 2 rings (SSSR count). The Bertz CT molecular complexity index is 298. The summed E-state index contributed by atoms with van der Waals surface area (Å²) >= 11 is 0. The van der Waals surface area contributed by atoms with Crippen LogP contribution >= 0.6 is 0 Å². The third-order valence-electron chi connectivity index (χ3n) is 3.29. The van der Waals surface area contributed by atoms with Gasteiger partial charge in [0.2, 0.25) is 5.91 Å². The molecule has 0 aliphatic heterocycles. The zero-order chi connectivity index (χ0) is 11.7. The van der Waals surface area contributed by atoms with E-state index in [1.54, 1.807) is 0 Å². The molecule has 1 amide bonds. The summed E-state index contributed by atoms with van der Waals surface area (Å²) in [6.45, 7) is 2.66. The van der Waals surface area contributed by atoms with Crippen LogP contribution in [0.25, 0.3) is 0 Å². The maximum absolute atomic E-state index is 11.6. The molecule has 0 aromatic heterocycles. The molecule has 0 aromatic rings. The number of aliphatic carboxylic acids is 1. The second-order valence-corrected chi connectivity index (χ2v) is 4.54. The first kappa shape index (κ1) is 11.4. The molecule has 2 aliphatic carbocycles. The lowest BCUT2D eigenvalue weighted by Gasteiger charge is -2.35. The number of rotatable bonds is 5. The second-order valence-electron chi connectivity index (χ2n) is 4.54. The van der Waals surface area contributed by atoms with Crippen LogP contribution in [-0.4, -0.2) is 35.7 Å². The minimum atomic E-state index is -0.860. The zero-order valence-electron chi connectivity index (χ0n) is 9.31. The van der Waals surface area contributed by atoms with E-state index in [-0.39, 0.29) is 24.0 Å². The van der Waals surface area contributed by atoms with Gasteiger partial charge in [-0.05, 0) is 26.2 Å². The Morgan fingerprint density at radius 1 is 1.31 bits per heavy atom. The first-order valence-electron chi connectivity index (χ1n) is 5.76. The summed E-state index contributed by atoms with van der Waals surface area (Å²) in [5.74, 6) is -1.72. The molecule has 2 fully saturated rings. The minimum absolute atomic E-state index is 0.104. The highest BCUT2D eigenvalue weighted by atomic mass is 16.5. The average molecular weight is 227 g/mol. The van der Waals surface area contributed by atoms with Crippen molar-refractivity contribution < 1.29 is 19.4 Å². The molecule has 16 heavy (non-hydrogen) atoms. The Balaban J connectivity index is 1.65. The lowest BCUT2D eigenvalue weighted by Crippen LogP contribution is -2.48. The Morgan fingerprint density at radius 3 is 2.50 bits per heavy atom. The summed E-state index contributed by atoms with van der Waals surface area (Å²) < 4.78 is 5.38. The van der Waals surface area contributed by atoms with Crippen LogP contribution in [0.3, 0.4) is 0 Å². The van der Waals surface area contributed by atoms with E-state index in [1.807, 2.05) is 6.92 Å². The molecule has 5 nitrogen and oxygen atoms in total. The Labute approximate surface area is 94.2 Å². The highest BCUT2D eigenvalue weighted by molar-refractivity contribution is 5.89. The first-order chi connectivity index (χ1) is 7.61. The van der Waals surface area contributed by atoms with Crippen molar-refractivity contribution in [2.45, 2.75) is 38.3 Å². The summed E-state index contributed by atoms with van der Waals surface area (Å²) in [4.78, 5) is 22.2. The molecule has 0 saturated heterocycles. The highest BCUT2D eigenvalue weighted by Crippen LogP contribution is 2.39. The van der Waals surface area contributed by atoms with Crippen molar-refractivity contribution in [3.8, 4) is 0 Å². The van der Waals surface area contributed by atoms with Gasteiger partial charge in [0.05, 0.1) is 17.9 Å². The van der Waals surface area contributed by atoms with Crippen LogP contribution in [0.4, 0.5) is 0 Å². The van der Waals surface area contributed by atoms with Gasteiger partial charge < -0.3 is 15.2 Å². The van der Waals surface area contributed by atoms with Gasteiger partial charge in [0.1, 0.15) is 0 Å². The fourth-order valence-corrected chi connectivity index (χ4v) is 2.12. The van der Waals surface area contributed by atoms with Gasteiger partial charge in [-0.1, -0.05) is 0 Å². The topological polar surface area (TPSA) is 75.6 Å². The molecule has 2 atom stereocenters. The van der Waals surface area contributed by atoms with Crippen LogP contribution in [0, 0.1) is 11.8 Å². The van der Waals surface area contributed by atoms with Gasteiger partial charge in [-0.3, -0.25) is 9.59 Å². The van der Waals surface area contributed by atoms with Crippen molar-refractivity contribution in [1.82, 2.24) is 5.32 Å². The van der Waals surface area contributed by atoms with E-state index in [2.05, 4.69) is 5.32 Å². The van der Waals surface area contributed by atoms with E-state index < -0.39 is 11.9 Å². The fourth-order valence-electron chi connectivity index (χ4n) is 2.12. The number of amides is 1. The van der Waals surface area contributed by atoms with Gasteiger partial charge in [0, 0.05) is 12.6 Å². The first-order valence-corrected chi connectivity index (χ1v) is 5.76. The largest absolute Gasteiger partial charge is 0.481 e. The fraction of sp³-hybridized carbons (Fsp3) is 0.818. The van der Waals surface area contributed by atoms with Gasteiger partial charge in [-0.15, -0.1) is 0 Å². The second kappa shape index (κ2) is 4.41. The van der Waals surface area contributed by atoms with Crippen LogP contribution in [0.5, 0.6) is 0 Å². The van der Waals surface area contributed by atoms with Gasteiger partial charge in [0.25, 0.3) is 0 Å². The molecule has 0 bridgehead atoms. The van der Waals surface area contributed by atoms with Gasteiger partial charge in [0.15, 0.2) is 0 Å². The van der Waals surface area contributed by atoms with Crippen molar-refractivity contribution in [3.63, 3.8) is 0 Å². The Morgan fingerprint density at radius 2 is 2.00 bits per heavy atom. The number of carbonyl (C=O) groups is 2. The molecule has 0 spiro atoms. The van der Waals surface area contributed by atoms with Gasteiger partial charge >= 0.3 is 5.97 Å². The molecule has 0 radical (unpaired) electrons. The molecular formula is C11H17NO4. The average Bonchev–Trinajstić information content (AvgIpc) is 2.93. The molecule has 2 aliphatic rings. The zero-order valence-corrected chi connectivity index (χ0v) is 9.31. The summed E-state index contributed by atoms with van der Waals surface area (Å²) in [5.41, 5.74) is 0. The lowest BCUT2D eigenvalue weighted by atomic mass is 9.89. The number of hydrogen-bond donors (Lipinski definition) is 2. The molecule has 2 saturated carbocycles. The Kier molecular flexibility index (Phi) is 3.14. The number of nitrogens with one attached hydrogen (secondary N) is 1. The predicted octanol–water partition coefficient (Wildman–Crippen LogP) is 0.391. The summed E-state index contributed by atoms with van der Waals surface area (Å²) in [7, 11) is 0. The normalized spacial score (nSPS) is 36.3. The van der Waals surface area contributed by atoms with Crippen molar-refractivity contribution in [2.24, 2.45) is 11.8 Å². The van der Waals surface area contributed by atoms with Crippen LogP contribution < -0.4 is 5.32 Å². The number of carboxylic acids is 1. The molecule has 5 heteroatoms. The van der Waals surface area contributed by atoms with Crippen LogP contribution in [0.1, 0.15) is 26.2 Å². The molecule has 2 N–H and O–H groups in total. The highest BCUT2D eigenvalue weighted by Gasteiger charge is 2.49. The summed E-state index contributed by atoms with van der Waals surface area (Å²) in [6.07, 6.45) is 2.46. The predicted molar refractivity (Wildman–Crippen MR) is 55.8 cm³/mol. The van der Waals surface area contributed by atoms with E-state index in [0.29, 0.717) is 13.0 Å². The van der Waals surface area contributed by atoms with Crippen LogP contribution in [-0.2, 0) is 14.3 Å². The molecule has 2 unspecified atom stereocenters. The third-order valence-corrected chi connectivity index (χ3v) is 3.29. The minimum Gasteiger partial charge on any atom is -0.481 e. The molecule has 0 heterocycles. The van der Waals surface area contributed by atoms with Gasteiger partial charge in [-0.25, -0.2) is 0 Å². The number of carboxylic acid groups (broad SMARTS) is 1.